The topological polar surface area (TPSA) is 49.4 Å². The third kappa shape index (κ3) is 4.38. The van der Waals surface area contributed by atoms with Gasteiger partial charge in [-0.1, -0.05) is 11.6 Å². The minimum Gasteiger partial charge on any atom is -0.339 e. The van der Waals surface area contributed by atoms with E-state index in [0.29, 0.717) is 36.5 Å². The molecular formula is C19H17ClF2N2O2. The predicted molar refractivity (Wildman–Crippen MR) is 95.1 cm³/mol. The zero-order chi connectivity index (χ0) is 18.7. The number of hydrogen-bond acceptors (Lipinski definition) is 2. The lowest BCUT2D eigenvalue weighted by molar-refractivity contribution is -0.121. The Balaban J connectivity index is 1.56. The number of nitrogens with zero attached hydrogens (tertiary/aromatic N) is 1. The fourth-order valence-electron chi connectivity index (χ4n) is 2.99. The number of anilines is 1. The molecule has 4 nitrogen and oxygen atoms in total. The number of hydrogen-bond donors (Lipinski definition) is 1. The van der Waals surface area contributed by atoms with Crippen molar-refractivity contribution in [2.75, 3.05) is 18.4 Å². The Kier molecular flexibility index (Phi) is 5.52. The van der Waals surface area contributed by atoms with Crippen LogP contribution >= 0.6 is 11.6 Å². The Morgan fingerprint density at radius 3 is 2.15 bits per heavy atom. The molecule has 1 aliphatic heterocycles. The highest BCUT2D eigenvalue weighted by molar-refractivity contribution is 6.30. The van der Waals surface area contributed by atoms with E-state index in [1.807, 2.05) is 0 Å². The van der Waals surface area contributed by atoms with Gasteiger partial charge in [0.15, 0.2) is 0 Å². The predicted octanol–water partition coefficient (Wildman–Crippen LogP) is 4.11. The van der Waals surface area contributed by atoms with Crippen LogP contribution in [-0.4, -0.2) is 29.8 Å². The SMILES string of the molecule is O=C(Nc1cc(F)cc(F)c1)C1CCN(C(=O)c2ccc(Cl)cc2)CC1. The van der Waals surface area contributed by atoms with Gasteiger partial charge in [0.05, 0.1) is 0 Å². The molecule has 136 valence electrons. The van der Waals surface area contributed by atoms with Crippen molar-refractivity contribution in [1.29, 1.82) is 0 Å². The highest BCUT2D eigenvalue weighted by Crippen LogP contribution is 2.22. The van der Waals surface area contributed by atoms with Crippen molar-refractivity contribution in [3.8, 4) is 0 Å². The Morgan fingerprint density at radius 2 is 1.58 bits per heavy atom. The third-order valence-corrected chi connectivity index (χ3v) is 4.63. The molecule has 1 aliphatic rings. The molecule has 1 N–H and O–H groups in total. The standard InChI is InChI=1S/C19H17ClF2N2O2/c20-14-3-1-13(2-4-14)19(26)24-7-5-12(6-8-24)18(25)23-17-10-15(21)9-16(22)11-17/h1-4,9-12H,5-8H2,(H,23,25). The number of carbonyl (C=O) groups is 2. The molecule has 3 rings (SSSR count). The van der Waals surface area contributed by atoms with Crippen molar-refractivity contribution < 1.29 is 18.4 Å². The van der Waals surface area contributed by atoms with E-state index in [1.165, 1.54) is 0 Å². The molecule has 0 radical (unpaired) electrons. The number of halogens is 3. The number of likely N-dealkylation sites (tertiary alicyclic amines) is 1. The average Bonchev–Trinajstić information content (AvgIpc) is 2.61. The van der Waals surface area contributed by atoms with E-state index < -0.39 is 11.6 Å². The highest BCUT2D eigenvalue weighted by Gasteiger charge is 2.28. The summed E-state index contributed by atoms with van der Waals surface area (Å²) >= 11 is 5.83. The van der Waals surface area contributed by atoms with Crippen LogP contribution in [-0.2, 0) is 4.79 Å². The molecule has 0 saturated carbocycles. The zero-order valence-corrected chi connectivity index (χ0v) is 14.6. The highest BCUT2D eigenvalue weighted by atomic mass is 35.5. The number of benzene rings is 2. The van der Waals surface area contributed by atoms with Gasteiger partial charge in [0.25, 0.3) is 5.91 Å². The quantitative estimate of drug-likeness (QED) is 0.873. The van der Waals surface area contributed by atoms with Crippen LogP contribution in [0.5, 0.6) is 0 Å². The van der Waals surface area contributed by atoms with Gasteiger partial charge in [0.1, 0.15) is 11.6 Å². The van der Waals surface area contributed by atoms with Gasteiger partial charge in [-0.25, -0.2) is 8.78 Å². The monoisotopic (exact) mass is 378 g/mol. The summed E-state index contributed by atoms with van der Waals surface area (Å²) in [5.74, 6) is -2.20. The minimum absolute atomic E-state index is 0.0900. The van der Waals surface area contributed by atoms with Gasteiger partial charge in [-0.2, -0.15) is 0 Å². The molecule has 2 aromatic carbocycles. The Bertz CT molecular complexity index is 799. The molecule has 1 fully saturated rings. The van der Waals surface area contributed by atoms with E-state index in [1.54, 1.807) is 29.2 Å². The third-order valence-electron chi connectivity index (χ3n) is 4.37. The summed E-state index contributed by atoms with van der Waals surface area (Å²) in [6.07, 6.45) is 0.978. The smallest absolute Gasteiger partial charge is 0.253 e. The van der Waals surface area contributed by atoms with Gasteiger partial charge in [-0.05, 0) is 49.2 Å². The molecule has 2 amide bonds. The second kappa shape index (κ2) is 7.83. The number of amides is 2. The van der Waals surface area contributed by atoms with E-state index in [4.69, 9.17) is 11.6 Å². The molecule has 0 aliphatic carbocycles. The van der Waals surface area contributed by atoms with E-state index in [2.05, 4.69) is 5.32 Å². The maximum absolute atomic E-state index is 13.2. The van der Waals surface area contributed by atoms with Crippen LogP contribution in [0.2, 0.25) is 5.02 Å². The van der Waals surface area contributed by atoms with Crippen LogP contribution in [0.25, 0.3) is 0 Å². The summed E-state index contributed by atoms with van der Waals surface area (Å²) in [5, 5.41) is 3.10. The molecule has 2 aromatic rings. The normalized spacial score (nSPS) is 15.0. The lowest BCUT2D eigenvalue weighted by atomic mass is 9.95. The fraction of sp³-hybridized carbons (Fsp3) is 0.263. The fourth-order valence-corrected chi connectivity index (χ4v) is 3.12. The van der Waals surface area contributed by atoms with Gasteiger partial charge in [-0.3, -0.25) is 9.59 Å². The number of rotatable bonds is 3. The summed E-state index contributed by atoms with van der Waals surface area (Å²) in [5.41, 5.74) is 0.639. The molecule has 1 saturated heterocycles. The van der Waals surface area contributed by atoms with Crippen molar-refractivity contribution in [2.45, 2.75) is 12.8 Å². The van der Waals surface area contributed by atoms with Crippen molar-refractivity contribution in [1.82, 2.24) is 4.90 Å². The molecule has 1 heterocycles. The molecule has 0 atom stereocenters. The van der Waals surface area contributed by atoms with Gasteiger partial charge in [-0.15, -0.1) is 0 Å². The first-order valence-electron chi connectivity index (χ1n) is 8.24. The van der Waals surface area contributed by atoms with Crippen LogP contribution in [0.15, 0.2) is 42.5 Å². The summed E-state index contributed by atoms with van der Waals surface area (Å²) < 4.78 is 26.4. The average molecular weight is 379 g/mol. The Morgan fingerprint density at radius 1 is 1.00 bits per heavy atom. The van der Waals surface area contributed by atoms with Crippen molar-refractivity contribution in [3.63, 3.8) is 0 Å². The number of carbonyl (C=O) groups excluding carboxylic acids is 2. The lowest BCUT2D eigenvalue weighted by Gasteiger charge is -2.31. The zero-order valence-electron chi connectivity index (χ0n) is 13.8. The van der Waals surface area contributed by atoms with Crippen LogP contribution in [0.3, 0.4) is 0 Å². The van der Waals surface area contributed by atoms with E-state index in [9.17, 15) is 18.4 Å². The van der Waals surface area contributed by atoms with Gasteiger partial charge >= 0.3 is 0 Å². The van der Waals surface area contributed by atoms with Crippen LogP contribution in [0.1, 0.15) is 23.2 Å². The first kappa shape index (κ1) is 18.3. The molecule has 0 unspecified atom stereocenters. The van der Waals surface area contributed by atoms with Crippen LogP contribution < -0.4 is 5.32 Å². The van der Waals surface area contributed by atoms with Crippen LogP contribution in [0.4, 0.5) is 14.5 Å². The minimum atomic E-state index is -0.747. The molecule has 26 heavy (non-hydrogen) atoms. The molecule has 0 aromatic heterocycles. The largest absolute Gasteiger partial charge is 0.339 e. The van der Waals surface area contributed by atoms with Gasteiger partial charge < -0.3 is 10.2 Å². The summed E-state index contributed by atoms with van der Waals surface area (Å²) in [4.78, 5) is 26.4. The summed E-state index contributed by atoms with van der Waals surface area (Å²) in [7, 11) is 0. The number of piperidine rings is 1. The summed E-state index contributed by atoms with van der Waals surface area (Å²) in [6.45, 7) is 0.883. The maximum Gasteiger partial charge on any atom is 0.253 e. The van der Waals surface area contributed by atoms with Gasteiger partial charge in [0, 0.05) is 41.3 Å². The van der Waals surface area contributed by atoms with E-state index in [-0.39, 0.29) is 23.4 Å². The second-order valence-corrected chi connectivity index (χ2v) is 6.66. The first-order chi connectivity index (χ1) is 12.4. The maximum atomic E-state index is 13.2. The van der Waals surface area contributed by atoms with E-state index >= 15 is 0 Å². The second-order valence-electron chi connectivity index (χ2n) is 6.22. The summed E-state index contributed by atoms with van der Waals surface area (Å²) in [6, 6.07) is 9.54. The van der Waals surface area contributed by atoms with Crippen molar-refractivity contribution in [2.24, 2.45) is 5.92 Å². The van der Waals surface area contributed by atoms with E-state index in [0.717, 1.165) is 18.2 Å². The number of nitrogens with one attached hydrogen (secondary N) is 1. The van der Waals surface area contributed by atoms with Crippen molar-refractivity contribution in [3.05, 3.63) is 64.7 Å². The molecular weight excluding hydrogens is 362 g/mol. The lowest BCUT2D eigenvalue weighted by Crippen LogP contribution is -2.41. The molecule has 7 heteroatoms. The first-order valence-corrected chi connectivity index (χ1v) is 8.62. The van der Waals surface area contributed by atoms with Crippen molar-refractivity contribution >= 4 is 29.1 Å². The molecule has 0 bridgehead atoms. The molecule has 0 spiro atoms. The Hall–Kier alpha value is -2.47. The van der Waals surface area contributed by atoms with Crippen LogP contribution in [0, 0.1) is 17.6 Å². The Labute approximate surface area is 154 Å². The van der Waals surface area contributed by atoms with Gasteiger partial charge in [0.2, 0.25) is 5.91 Å².